The first-order valence-corrected chi connectivity index (χ1v) is 10.5. The molecule has 1 rings (SSSR count). The van der Waals surface area contributed by atoms with Gasteiger partial charge in [0.25, 0.3) is 31.9 Å². The fraction of sp³-hybridized carbons (Fsp3) is 0.500. The third kappa shape index (κ3) is 11.6. The van der Waals surface area contributed by atoms with Crippen molar-refractivity contribution in [3.05, 3.63) is 0 Å². The van der Waals surface area contributed by atoms with E-state index in [1.165, 1.54) is 0 Å². The molecule has 1 aromatic rings. The normalized spacial score (nSPS) is 15.2. The second-order valence-electron chi connectivity index (χ2n) is 4.17. The third-order valence-electron chi connectivity index (χ3n) is 2.19. The van der Waals surface area contributed by atoms with Gasteiger partial charge in [0.15, 0.2) is 0 Å². The molecular formula is C6H3F9K3N6O6S3+3. The maximum atomic E-state index is 12.5. The molecule has 0 fully saturated rings. The number of rotatable bonds is 8. The van der Waals surface area contributed by atoms with Gasteiger partial charge in [-0.2, -0.15) is 54.1 Å². The Morgan fingerprint density at radius 3 is 1.33 bits per heavy atom. The number of anilines is 1. The minimum Gasteiger partial charge on any atom is -0.243 e. The van der Waals surface area contributed by atoms with Crippen molar-refractivity contribution < 1.29 is 220 Å². The monoisotopic (exact) mass is 639 g/mol. The van der Waals surface area contributed by atoms with Crippen LogP contribution in [-0.2, 0) is 38.8 Å². The van der Waals surface area contributed by atoms with Crippen LogP contribution in [0.15, 0.2) is 8.73 Å². The number of nitrogens with one attached hydrogen (secondary N) is 1. The van der Waals surface area contributed by atoms with Gasteiger partial charge in [-0.05, 0) is 9.05 Å². The molecule has 1 heterocycles. The molecule has 1 aromatic heterocycles. The van der Waals surface area contributed by atoms with Crippen molar-refractivity contribution in [1.82, 2.24) is 15.0 Å². The summed E-state index contributed by atoms with van der Waals surface area (Å²) in [6, 6.07) is 0. The first-order valence-electron chi connectivity index (χ1n) is 6.03. The summed E-state index contributed by atoms with van der Waals surface area (Å²) in [7, 11) is -17.7. The molecule has 12 nitrogen and oxygen atoms in total. The Morgan fingerprint density at radius 2 is 1.09 bits per heavy atom. The zero-order valence-electron chi connectivity index (χ0n) is 16.0. The fourth-order valence-corrected chi connectivity index (χ4v) is 2.44. The third-order valence-corrected chi connectivity index (χ3v) is 5.35. The van der Waals surface area contributed by atoms with Crippen LogP contribution in [-0.4, -0.2) is 48.8 Å². The maximum absolute atomic E-state index is 12.5. The Bertz CT molecular complexity index is 1070. The Balaban J connectivity index is -0.00000300. The fourth-order valence-electron chi connectivity index (χ4n) is 1.05. The van der Waals surface area contributed by atoms with Crippen LogP contribution in [0, 0.1) is 0 Å². The summed E-state index contributed by atoms with van der Waals surface area (Å²) in [6.45, 7) is 0. The molecule has 2 atom stereocenters. The molecular weight excluding hydrogens is 637 g/mol. The number of sulfonamides is 1. The summed E-state index contributed by atoms with van der Waals surface area (Å²) in [6.07, 6.45) is 0. The second kappa shape index (κ2) is 16.1. The van der Waals surface area contributed by atoms with E-state index in [4.69, 9.17) is 0 Å². The summed E-state index contributed by atoms with van der Waals surface area (Å²) in [5.41, 5.74) is -6.04. The number of halogens is 9. The molecule has 0 amide bonds. The zero-order chi connectivity index (χ0) is 23.5. The van der Waals surface area contributed by atoms with E-state index in [-0.39, 0.29) is 154 Å². The van der Waals surface area contributed by atoms with Gasteiger partial charge in [-0.25, -0.2) is 13.1 Å². The first kappa shape index (κ1) is 40.4. The van der Waals surface area contributed by atoms with Crippen LogP contribution in [0.4, 0.5) is 57.6 Å². The van der Waals surface area contributed by atoms with Crippen LogP contribution >= 0.6 is 0 Å². The van der Waals surface area contributed by atoms with E-state index < -0.39 is 64.9 Å². The molecule has 1 N–H and O–H groups in total. The Kier molecular flexibility index (Phi) is 19.7. The first-order chi connectivity index (χ1) is 13.5. The van der Waals surface area contributed by atoms with E-state index >= 15 is 0 Å². The molecule has 0 aromatic carbocycles. The Morgan fingerprint density at radius 1 is 0.758 bits per heavy atom. The molecule has 0 aliphatic carbocycles. The number of nitrogens with zero attached hydrogens (tertiary/aromatic N) is 5. The van der Waals surface area contributed by atoms with Gasteiger partial charge in [0.05, 0.1) is 0 Å². The standard InChI is InChI=1S/C6H3F9N6O6S3.3K/c7-1(8)28(22,26-14)19-3-16-4(20-29(23,27-15)2(9)10)18-5(17-3)21-30(24,25)6(11,12)13;;;/h1-2H,(H,16,17,18,21);;;/q;3*+1. The van der Waals surface area contributed by atoms with Crippen molar-refractivity contribution in [3.8, 4) is 0 Å². The molecule has 0 bridgehead atoms. The maximum Gasteiger partial charge on any atom is 1.00 e. The van der Waals surface area contributed by atoms with Crippen LogP contribution in [0.1, 0.15) is 0 Å². The van der Waals surface area contributed by atoms with Crippen molar-refractivity contribution in [2.45, 2.75) is 17.0 Å². The molecule has 0 saturated heterocycles. The van der Waals surface area contributed by atoms with E-state index in [0.29, 0.717) is 4.72 Å². The predicted octanol–water partition coefficient (Wildman–Crippen LogP) is -6.58. The van der Waals surface area contributed by atoms with E-state index in [1.54, 1.807) is 0 Å². The molecule has 0 aliphatic rings. The summed E-state index contributed by atoms with van der Waals surface area (Å²) < 4.78 is 166. The summed E-state index contributed by atoms with van der Waals surface area (Å²) in [4.78, 5) is 7.94. The molecule has 0 saturated carbocycles. The predicted molar refractivity (Wildman–Crippen MR) is 75.3 cm³/mol. The average Bonchev–Trinajstić information content (AvgIpc) is 2.59. The largest absolute Gasteiger partial charge is 1.00 e. The minimum atomic E-state index is -6.35. The number of alkyl halides is 7. The van der Waals surface area contributed by atoms with E-state index in [9.17, 15) is 56.6 Å². The van der Waals surface area contributed by atoms with Gasteiger partial charge in [-0.1, -0.05) is 8.78 Å². The molecule has 174 valence electrons. The Hall–Kier alpha value is 2.86. The summed E-state index contributed by atoms with van der Waals surface area (Å²) >= 11 is 0. The molecule has 33 heavy (non-hydrogen) atoms. The van der Waals surface area contributed by atoms with Crippen LogP contribution in [0.3, 0.4) is 0 Å². The average molecular weight is 640 g/mol. The van der Waals surface area contributed by atoms with Gasteiger partial charge in [0, 0.05) is 0 Å². The quantitative estimate of drug-likeness (QED) is 0.215. The van der Waals surface area contributed by atoms with Crippen molar-refractivity contribution in [3.63, 3.8) is 0 Å². The van der Waals surface area contributed by atoms with Crippen molar-refractivity contribution >= 4 is 47.9 Å². The van der Waals surface area contributed by atoms with E-state index in [1.807, 2.05) is 0 Å². The Labute approximate surface area is 306 Å². The van der Waals surface area contributed by atoms with Gasteiger partial charge < -0.3 is 0 Å². The second-order valence-corrected chi connectivity index (χ2v) is 9.23. The van der Waals surface area contributed by atoms with Crippen molar-refractivity contribution in [2.24, 2.45) is 8.73 Å². The molecule has 0 spiro atoms. The molecule has 0 aliphatic heterocycles. The smallest absolute Gasteiger partial charge is 0.243 e. The van der Waals surface area contributed by atoms with Crippen molar-refractivity contribution in [1.29, 1.82) is 0 Å². The molecule has 27 heteroatoms. The molecule has 0 radical (unpaired) electrons. The van der Waals surface area contributed by atoms with Crippen LogP contribution < -0.4 is 159 Å². The topological polar surface area (TPSA) is 162 Å². The van der Waals surface area contributed by atoms with Crippen molar-refractivity contribution in [2.75, 3.05) is 4.72 Å². The van der Waals surface area contributed by atoms with Gasteiger partial charge >= 0.3 is 181 Å². The summed E-state index contributed by atoms with van der Waals surface area (Å²) in [5.74, 6) is -14.1. The zero-order valence-corrected chi connectivity index (χ0v) is 27.8. The van der Waals surface area contributed by atoms with Gasteiger partial charge in [0.2, 0.25) is 5.95 Å². The number of aromatic nitrogens is 3. The minimum absolute atomic E-state index is 0. The van der Waals surface area contributed by atoms with Crippen LogP contribution in [0.25, 0.3) is 0 Å². The van der Waals surface area contributed by atoms with E-state index in [2.05, 4.69) is 32.5 Å². The van der Waals surface area contributed by atoms with Crippen LogP contribution in [0.5, 0.6) is 0 Å². The van der Waals surface area contributed by atoms with Gasteiger partial charge in [0.1, 0.15) is 0 Å². The van der Waals surface area contributed by atoms with Gasteiger partial charge in [-0.3, -0.25) is 0 Å². The summed E-state index contributed by atoms with van der Waals surface area (Å²) in [5, 5.41) is 0. The van der Waals surface area contributed by atoms with Gasteiger partial charge in [-0.15, -0.1) is 8.73 Å². The SMILES string of the molecule is O=S(=O)(Nc1nc(N=S(=O)(OF)C(F)F)nc(N=S(=O)(OF)C(F)F)n1)C(F)(F)F.[K+].[K+].[K+]. The number of hydrogen-bond acceptors (Lipinski definition) is 11. The molecule has 2 unspecified atom stereocenters. The van der Waals surface area contributed by atoms with Crippen LogP contribution in [0.2, 0.25) is 0 Å². The number of hydrogen-bond donors (Lipinski definition) is 1. The van der Waals surface area contributed by atoms with E-state index in [0.717, 1.165) is 0 Å².